The zero-order chi connectivity index (χ0) is 22.0. The number of thiazole rings is 1. The van der Waals surface area contributed by atoms with Crippen molar-refractivity contribution in [2.45, 2.75) is 13.0 Å². The van der Waals surface area contributed by atoms with Crippen LogP contribution in [-0.2, 0) is 9.53 Å². The van der Waals surface area contributed by atoms with Gasteiger partial charge in [0.25, 0.3) is 5.91 Å². The molecule has 1 saturated heterocycles. The lowest BCUT2D eigenvalue weighted by molar-refractivity contribution is -0.119. The smallest absolute Gasteiger partial charge is 0.414 e. The van der Waals surface area contributed by atoms with Crippen LogP contribution in [0, 0.1) is 5.82 Å². The predicted molar refractivity (Wildman–Crippen MR) is 110 cm³/mol. The number of imidazole rings is 1. The highest BCUT2D eigenvalue weighted by atomic mass is 32.1. The second-order valence-electron chi connectivity index (χ2n) is 6.65. The molecular weight excluding hydrogens is 427 g/mol. The molecule has 0 radical (unpaired) electrons. The Morgan fingerprint density at radius 3 is 2.90 bits per heavy atom. The summed E-state index contributed by atoms with van der Waals surface area (Å²) < 4.78 is 21.4. The van der Waals surface area contributed by atoms with Gasteiger partial charge in [0.05, 0.1) is 24.5 Å². The summed E-state index contributed by atoms with van der Waals surface area (Å²) in [7, 11) is 0. The van der Waals surface area contributed by atoms with Gasteiger partial charge in [-0.15, -0.1) is 11.3 Å². The number of benzene rings is 1. The highest BCUT2D eigenvalue weighted by Crippen LogP contribution is 2.25. The molecule has 3 aromatic rings. The van der Waals surface area contributed by atoms with E-state index in [9.17, 15) is 18.8 Å². The standard InChI is InChI=1S/C19H17FN6O4S/c1-11(27)22-7-13-8-26(19(29)30-13)12-2-3-16(14(20)6-12)25-9-15(23-10-25)17(28)24-18-21-4-5-31-18/h2-6,9-10,13H,7-8H2,1H3,(H,22,27)(H,21,24,28). The van der Waals surface area contributed by atoms with Crippen molar-refractivity contribution < 1.29 is 23.5 Å². The van der Waals surface area contributed by atoms with Gasteiger partial charge >= 0.3 is 6.09 Å². The van der Waals surface area contributed by atoms with Crippen molar-refractivity contribution in [3.05, 3.63) is 53.8 Å². The minimum absolute atomic E-state index is 0.0996. The van der Waals surface area contributed by atoms with E-state index in [1.165, 1.54) is 52.4 Å². The van der Waals surface area contributed by atoms with Gasteiger partial charge in [-0.25, -0.2) is 19.2 Å². The van der Waals surface area contributed by atoms with E-state index in [0.29, 0.717) is 10.8 Å². The van der Waals surface area contributed by atoms with Gasteiger partial charge in [-0.1, -0.05) is 0 Å². The minimum atomic E-state index is -0.619. The first-order valence-corrected chi connectivity index (χ1v) is 10.1. The Kier molecular flexibility index (Phi) is 5.62. The van der Waals surface area contributed by atoms with Gasteiger partial charge in [-0.2, -0.15) is 0 Å². The zero-order valence-electron chi connectivity index (χ0n) is 16.2. The number of cyclic esters (lactones) is 1. The molecule has 4 rings (SSSR count). The number of rotatable bonds is 6. The Morgan fingerprint density at radius 2 is 2.19 bits per heavy atom. The summed E-state index contributed by atoms with van der Waals surface area (Å²) in [6, 6.07) is 4.24. The van der Waals surface area contributed by atoms with Crippen LogP contribution in [0.2, 0.25) is 0 Å². The Morgan fingerprint density at radius 1 is 1.35 bits per heavy atom. The molecule has 3 amide bonds. The van der Waals surface area contributed by atoms with Crippen molar-refractivity contribution in [1.82, 2.24) is 19.9 Å². The molecule has 0 spiro atoms. The normalized spacial score (nSPS) is 15.6. The van der Waals surface area contributed by atoms with Crippen molar-refractivity contribution in [3.63, 3.8) is 0 Å². The van der Waals surface area contributed by atoms with E-state index >= 15 is 0 Å². The lowest BCUT2D eigenvalue weighted by atomic mass is 10.2. The molecule has 10 nitrogen and oxygen atoms in total. The molecule has 1 unspecified atom stereocenters. The number of carbonyl (C=O) groups is 3. The number of nitrogens with one attached hydrogen (secondary N) is 2. The Bertz CT molecular complexity index is 1130. The summed E-state index contributed by atoms with van der Waals surface area (Å²) >= 11 is 1.27. The van der Waals surface area contributed by atoms with Crippen LogP contribution in [0.15, 0.2) is 42.3 Å². The van der Waals surface area contributed by atoms with Gasteiger partial charge in [-0.05, 0) is 18.2 Å². The fraction of sp³-hybridized carbons (Fsp3) is 0.211. The monoisotopic (exact) mass is 444 g/mol. The van der Waals surface area contributed by atoms with Crippen LogP contribution in [0.3, 0.4) is 0 Å². The number of ether oxygens (including phenoxy) is 1. The third-order valence-electron chi connectivity index (χ3n) is 4.44. The Hall–Kier alpha value is -3.80. The van der Waals surface area contributed by atoms with Crippen molar-refractivity contribution in [2.24, 2.45) is 0 Å². The molecule has 160 valence electrons. The van der Waals surface area contributed by atoms with Crippen LogP contribution in [0.4, 0.5) is 20.0 Å². The van der Waals surface area contributed by atoms with E-state index < -0.39 is 23.9 Å². The predicted octanol–water partition coefficient (Wildman–Crippen LogP) is 2.18. The average Bonchev–Trinajstić information content (AvgIpc) is 3.47. The summed E-state index contributed by atoms with van der Waals surface area (Å²) in [5, 5.41) is 7.35. The summed E-state index contributed by atoms with van der Waals surface area (Å²) in [5.41, 5.74) is 0.577. The third kappa shape index (κ3) is 4.53. The van der Waals surface area contributed by atoms with E-state index in [-0.39, 0.29) is 30.4 Å². The van der Waals surface area contributed by atoms with Crippen LogP contribution < -0.4 is 15.5 Å². The summed E-state index contributed by atoms with van der Waals surface area (Å²) in [6.07, 6.45) is 3.14. The first kappa shape index (κ1) is 20.5. The maximum atomic E-state index is 14.8. The molecule has 31 heavy (non-hydrogen) atoms. The number of anilines is 2. The van der Waals surface area contributed by atoms with Gasteiger partial charge in [0, 0.05) is 24.7 Å². The van der Waals surface area contributed by atoms with Gasteiger partial charge in [0.2, 0.25) is 5.91 Å². The maximum Gasteiger partial charge on any atom is 0.414 e. The van der Waals surface area contributed by atoms with E-state index in [2.05, 4.69) is 20.6 Å². The first-order valence-electron chi connectivity index (χ1n) is 9.18. The minimum Gasteiger partial charge on any atom is -0.442 e. The molecule has 1 aliphatic heterocycles. The Labute approximate surface area is 179 Å². The van der Waals surface area contributed by atoms with E-state index in [1.807, 2.05) is 0 Å². The largest absolute Gasteiger partial charge is 0.442 e. The van der Waals surface area contributed by atoms with Crippen molar-refractivity contribution in [1.29, 1.82) is 0 Å². The van der Waals surface area contributed by atoms with Crippen LogP contribution in [0.5, 0.6) is 0 Å². The maximum absolute atomic E-state index is 14.8. The molecule has 0 aliphatic carbocycles. The first-order chi connectivity index (χ1) is 14.9. The fourth-order valence-corrected chi connectivity index (χ4v) is 3.51. The molecule has 2 aromatic heterocycles. The van der Waals surface area contributed by atoms with Crippen LogP contribution in [0.1, 0.15) is 17.4 Å². The van der Waals surface area contributed by atoms with Crippen LogP contribution in [0.25, 0.3) is 5.69 Å². The molecule has 1 aromatic carbocycles. The highest BCUT2D eigenvalue weighted by Gasteiger charge is 2.32. The number of aromatic nitrogens is 3. The topological polar surface area (TPSA) is 118 Å². The van der Waals surface area contributed by atoms with Crippen molar-refractivity contribution in [2.75, 3.05) is 23.3 Å². The lowest BCUT2D eigenvalue weighted by Gasteiger charge is -2.14. The SMILES string of the molecule is CC(=O)NCC1CN(c2ccc(-n3cnc(C(=O)Nc4nccs4)c3)c(F)c2)C(=O)O1. The molecular formula is C19H17FN6O4S. The molecule has 1 aliphatic rings. The van der Waals surface area contributed by atoms with Crippen molar-refractivity contribution in [3.8, 4) is 5.69 Å². The number of hydrogen-bond acceptors (Lipinski definition) is 7. The molecule has 1 fully saturated rings. The number of halogens is 1. The second-order valence-corrected chi connectivity index (χ2v) is 7.54. The number of carbonyl (C=O) groups excluding carboxylic acids is 3. The second kappa shape index (κ2) is 8.52. The quantitative estimate of drug-likeness (QED) is 0.602. The summed E-state index contributed by atoms with van der Waals surface area (Å²) in [6.45, 7) is 1.73. The number of nitrogens with zero attached hydrogens (tertiary/aromatic N) is 4. The fourth-order valence-electron chi connectivity index (χ4n) is 2.99. The van der Waals surface area contributed by atoms with Gasteiger partial charge in [-0.3, -0.25) is 19.8 Å². The van der Waals surface area contributed by atoms with Gasteiger partial charge in [0.15, 0.2) is 5.13 Å². The molecule has 3 heterocycles. The third-order valence-corrected chi connectivity index (χ3v) is 5.13. The molecule has 1 atom stereocenters. The van der Waals surface area contributed by atoms with Crippen LogP contribution in [-0.4, -0.2) is 51.6 Å². The zero-order valence-corrected chi connectivity index (χ0v) is 17.1. The molecule has 0 bridgehead atoms. The number of amides is 3. The van der Waals surface area contributed by atoms with Gasteiger partial charge < -0.3 is 14.6 Å². The lowest BCUT2D eigenvalue weighted by Crippen LogP contribution is -2.33. The van der Waals surface area contributed by atoms with E-state index in [0.717, 1.165) is 0 Å². The van der Waals surface area contributed by atoms with Gasteiger partial charge in [0.1, 0.15) is 23.9 Å². The molecule has 0 saturated carbocycles. The van der Waals surface area contributed by atoms with E-state index in [1.54, 1.807) is 17.6 Å². The highest BCUT2D eigenvalue weighted by molar-refractivity contribution is 7.13. The summed E-state index contributed by atoms with van der Waals surface area (Å²) in [4.78, 5) is 44.6. The summed E-state index contributed by atoms with van der Waals surface area (Å²) in [5.74, 6) is -1.31. The van der Waals surface area contributed by atoms with Crippen molar-refractivity contribution >= 4 is 40.1 Å². The number of hydrogen-bond donors (Lipinski definition) is 2. The Balaban J connectivity index is 1.47. The van der Waals surface area contributed by atoms with E-state index in [4.69, 9.17) is 4.74 Å². The van der Waals surface area contributed by atoms with Crippen LogP contribution >= 0.6 is 11.3 Å². The molecule has 2 N–H and O–H groups in total. The molecule has 12 heteroatoms. The average molecular weight is 444 g/mol.